The first-order valence-corrected chi connectivity index (χ1v) is 7.57. The molecule has 1 fully saturated rings. The zero-order valence-electron chi connectivity index (χ0n) is 12.4. The molecule has 1 aromatic rings. The van der Waals surface area contributed by atoms with Crippen molar-refractivity contribution in [2.45, 2.75) is 39.2 Å². The van der Waals surface area contributed by atoms with E-state index in [4.69, 9.17) is 0 Å². The second-order valence-electron chi connectivity index (χ2n) is 5.86. The van der Waals surface area contributed by atoms with Crippen LogP contribution in [-0.2, 0) is 4.79 Å². The molecule has 3 atom stereocenters. The summed E-state index contributed by atoms with van der Waals surface area (Å²) >= 11 is 0. The van der Waals surface area contributed by atoms with E-state index in [-0.39, 0.29) is 11.9 Å². The van der Waals surface area contributed by atoms with Crippen LogP contribution in [0, 0.1) is 11.8 Å². The van der Waals surface area contributed by atoms with Gasteiger partial charge in [0.25, 0.3) is 0 Å². The first kappa shape index (κ1) is 15.0. The number of nitrogens with zero attached hydrogens (tertiary/aromatic N) is 1. The van der Waals surface area contributed by atoms with Crippen LogP contribution in [0.25, 0.3) is 0 Å². The first-order chi connectivity index (χ1) is 9.66. The molecule has 0 spiro atoms. The Morgan fingerprint density at radius 2 is 2.20 bits per heavy atom. The van der Waals surface area contributed by atoms with Gasteiger partial charge in [-0.25, -0.2) is 0 Å². The Morgan fingerprint density at radius 1 is 1.45 bits per heavy atom. The van der Waals surface area contributed by atoms with E-state index in [0.29, 0.717) is 18.3 Å². The Hall–Kier alpha value is -1.42. The summed E-state index contributed by atoms with van der Waals surface area (Å²) in [6.45, 7) is 6.37. The average Bonchev–Trinajstić information content (AvgIpc) is 2.49. The quantitative estimate of drug-likeness (QED) is 0.867. The summed E-state index contributed by atoms with van der Waals surface area (Å²) in [6, 6.07) is 3.93. The third-order valence-corrected chi connectivity index (χ3v) is 4.23. The van der Waals surface area contributed by atoms with Crippen LogP contribution in [0.3, 0.4) is 0 Å². The highest BCUT2D eigenvalue weighted by atomic mass is 16.1. The number of carbonyl (C=O) groups excluding carboxylic acids is 1. The molecule has 0 bridgehead atoms. The summed E-state index contributed by atoms with van der Waals surface area (Å²) in [6.07, 6.45) is 6.59. The number of hydrogen-bond acceptors (Lipinski definition) is 3. The van der Waals surface area contributed by atoms with Gasteiger partial charge in [-0.2, -0.15) is 0 Å². The molecule has 2 heterocycles. The number of hydrogen-bond donors (Lipinski definition) is 2. The summed E-state index contributed by atoms with van der Waals surface area (Å²) in [5, 5.41) is 6.50. The molecule has 2 N–H and O–H groups in total. The molecular formula is C16H25N3O. The second-order valence-corrected chi connectivity index (χ2v) is 5.86. The van der Waals surface area contributed by atoms with Gasteiger partial charge in [0, 0.05) is 18.8 Å². The predicted molar refractivity (Wildman–Crippen MR) is 80.2 cm³/mol. The van der Waals surface area contributed by atoms with Crippen LogP contribution in [0.4, 0.5) is 0 Å². The van der Waals surface area contributed by atoms with E-state index in [9.17, 15) is 4.79 Å². The van der Waals surface area contributed by atoms with Crippen LogP contribution in [-0.4, -0.2) is 24.0 Å². The minimum Gasteiger partial charge on any atom is -0.350 e. The largest absolute Gasteiger partial charge is 0.350 e. The fraction of sp³-hybridized carbons (Fsp3) is 0.625. The predicted octanol–water partition coefficient (Wildman–Crippen LogP) is 2.28. The molecule has 1 amide bonds. The summed E-state index contributed by atoms with van der Waals surface area (Å²) < 4.78 is 0. The van der Waals surface area contributed by atoms with Gasteiger partial charge in [-0.05, 0) is 62.4 Å². The summed E-state index contributed by atoms with van der Waals surface area (Å²) in [4.78, 5) is 16.1. The lowest BCUT2D eigenvalue weighted by Gasteiger charge is -2.28. The lowest BCUT2D eigenvalue weighted by atomic mass is 9.85. The number of nitrogens with one attached hydrogen (secondary N) is 2. The molecule has 2 unspecified atom stereocenters. The zero-order chi connectivity index (χ0) is 14.4. The van der Waals surface area contributed by atoms with E-state index < -0.39 is 0 Å². The number of amides is 1. The average molecular weight is 275 g/mol. The van der Waals surface area contributed by atoms with Crippen molar-refractivity contribution >= 4 is 5.91 Å². The molecule has 1 aromatic heterocycles. The van der Waals surface area contributed by atoms with Gasteiger partial charge in [0.15, 0.2) is 0 Å². The van der Waals surface area contributed by atoms with Gasteiger partial charge < -0.3 is 10.6 Å². The van der Waals surface area contributed by atoms with Crippen LogP contribution >= 0.6 is 0 Å². The van der Waals surface area contributed by atoms with Gasteiger partial charge in [-0.1, -0.05) is 6.92 Å². The van der Waals surface area contributed by atoms with Crippen molar-refractivity contribution in [3.8, 4) is 0 Å². The molecule has 1 aliphatic heterocycles. The number of piperidine rings is 1. The van der Waals surface area contributed by atoms with Crippen molar-refractivity contribution in [3.05, 3.63) is 30.1 Å². The second kappa shape index (κ2) is 7.39. The van der Waals surface area contributed by atoms with Crippen molar-refractivity contribution < 1.29 is 4.79 Å². The number of aromatic nitrogens is 1. The summed E-state index contributed by atoms with van der Waals surface area (Å²) in [5.41, 5.74) is 1.10. The van der Waals surface area contributed by atoms with Gasteiger partial charge in [0.2, 0.25) is 5.91 Å². The molecule has 110 valence electrons. The Bertz CT molecular complexity index is 415. The lowest BCUT2D eigenvalue weighted by Crippen LogP contribution is -2.36. The summed E-state index contributed by atoms with van der Waals surface area (Å²) in [7, 11) is 0. The molecule has 20 heavy (non-hydrogen) atoms. The summed E-state index contributed by atoms with van der Waals surface area (Å²) in [5.74, 6) is 1.21. The lowest BCUT2D eigenvalue weighted by molar-refractivity contribution is -0.123. The molecule has 4 nitrogen and oxygen atoms in total. The van der Waals surface area contributed by atoms with Crippen LogP contribution in [0.5, 0.6) is 0 Å². The number of carbonyl (C=O) groups is 1. The molecule has 1 aliphatic rings. The molecule has 0 aromatic carbocycles. The van der Waals surface area contributed by atoms with E-state index >= 15 is 0 Å². The highest BCUT2D eigenvalue weighted by Gasteiger charge is 2.22. The maximum atomic E-state index is 12.1. The first-order valence-electron chi connectivity index (χ1n) is 7.57. The number of rotatable bonds is 5. The van der Waals surface area contributed by atoms with Crippen LogP contribution in [0.1, 0.15) is 44.7 Å². The molecule has 1 saturated heterocycles. The maximum absolute atomic E-state index is 12.1. The van der Waals surface area contributed by atoms with Crippen molar-refractivity contribution in [1.82, 2.24) is 15.6 Å². The minimum atomic E-state index is 0.0437. The van der Waals surface area contributed by atoms with Crippen molar-refractivity contribution in [2.75, 3.05) is 13.1 Å². The smallest absolute Gasteiger partial charge is 0.220 e. The van der Waals surface area contributed by atoms with E-state index in [0.717, 1.165) is 18.7 Å². The molecule has 4 heteroatoms. The Morgan fingerprint density at radius 3 is 2.85 bits per heavy atom. The third-order valence-electron chi connectivity index (χ3n) is 4.23. The van der Waals surface area contributed by atoms with E-state index in [1.807, 2.05) is 19.1 Å². The SMILES string of the molecule is CC(CC(=O)N[C@@H](C)c1ccncc1)C1CCCNC1. The molecule has 0 aliphatic carbocycles. The van der Waals surface area contributed by atoms with Crippen LogP contribution < -0.4 is 10.6 Å². The third kappa shape index (κ3) is 4.30. The topological polar surface area (TPSA) is 54.0 Å². The van der Waals surface area contributed by atoms with Gasteiger partial charge >= 0.3 is 0 Å². The highest BCUT2D eigenvalue weighted by Crippen LogP contribution is 2.22. The minimum absolute atomic E-state index is 0.0437. The fourth-order valence-electron chi connectivity index (χ4n) is 2.86. The Balaban J connectivity index is 1.79. The normalized spacial score (nSPS) is 22.0. The van der Waals surface area contributed by atoms with Crippen molar-refractivity contribution in [2.24, 2.45) is 11.8 Å². The Kier molecular flexibility index (Phi) is 5.53. The maximum Gasteiger partial charge on any atom is 0.220 e. The van der Waals surface area contributed by atoms with Crippen LogP contribution in [0.15, 0.2) is 24.5 Å². The van der Waals surface area contributed by atoms with Gasteiger partial charge in [0.1, 0.15) is 0 Å². The van der Waals surface area contributed by atoms with Crippen LogP contribution in [0.2, 0.25) is 0 Å². The molecular weight excluding hydrogens is 250 g/mol. The van der Waals surface area contributed by atoms with Crippen molar-refractivity contribution in [1.29, 1.82) is 0 Å². The molecule has 0 saturated carbocycles. The van der Waals surface area contributed by atoms with Gasteiger partial charge in [-0.3, -0.25) is 9.78 Å². The van der Waals surface area contributed by atoms with Gasteiger partial charge in [0.05, 0.1) is 6.04 Å². The monoisotopic (exact) mass is 275 g/mol. The van der Waals surface area contributed by atoms with E-state index in [2.05, 4.69) is 22.5 Å². The molecule has 0 radical (unpaired) electrons. The molecule has 2 rings (SSSR count). The van der Waals surface area contributed by atoms with E-state index in [1.165, 1.54) is 12.8 Å². The number of pyridine rings is 1. The van der Waals surface area contributed by atoms with Crippen molar-refractivity contribution in [3.63, 3.8) is 0 Å². The van der Waals surface area contributed by atoms with E-state index in [1.54, 1.807) is 12.4 Å². The van der Waals surface area contributed by atoms with Gasteiger partial charge in [-0.15, -0.1) is 0 Å². The Labute approximate surface area is 121 Å². The highest BCUT2D eigenvalue weighted by molar-refractivity contribution is 5.76. The fourth-order valence-corrected chi connectivity index (χ4v) is 2.86. The standard InChI is InChI=1S/C16H25N3O/c1-12(15-4-3-7-18-11-15)10-16(20)19-13(2)14-5-8-17-9-6-14/h5-6,8-9,12-13,15,18H,3-4,7,10-11H2,1-2H3,(H,19,20)/t12?,13-,15?/m0/s1. The zero-order valence-corrected chi connectivity index (χ0v) is 12.4.